The molecule has 0 bridgehead atoms. The lowest BCUT2D eigenvalue weighted by Crippen LogP contribution is -2.48. The Kier molecular flexibility index (Phi) is 6.58. The summed E-state index contributed by atoms with van der Waals surface area (Å²) in [5.41, 5.74) is 5.73. The van der Waals surface area contributed by atoms with Gasteiger partial charge in [-0.05, 0) is 62.4 Å². The number of nitrogens with one attached hydrogen (secondary N) is 1. The molecule has 0 spiro atoms. The Morgan fingerprint density at radius 3 is 2.81 bits per heavy atom. The molecule has 8 nitrogen and oxygen atoms in total. The Labute approximate surface area is 182 Å². The number of amides is 1. The predicted molar refractivity (Wildman–Crippen MR) is 121 cm³/mol. The molecule has 2 aromatic rings. The fraction of sp³-hybridized carbons (Fsp3) is 0.391. The summed E-state index contributed by atoms with van der Waals surface area (Å²) in [7, 11) is 0. The van der Waals surface area contributed by atoms with Gasteiger partial charge in [0, 0.05) is 23.8 Å². The number of anilines is 1. The Morgan fingerprint density at radius 1 is 1.35 bits per heavy atom. The zero-order valence-corrected chi connectivity index (χ0v) is 18.3. The minimum atomic E-state index is -0.552. The van der Waals surface area contributed by atoms with Gasteiger partial charge in [0.15, 0.2) is 12.4 Å². The van der Waals surface area contributed by atoms with Crippen molar-refractivity contribution in [2.75, 3.05) is 18.1 Å². The third-order valence-corrected chi connectivity index (χ3v) is 5.55. The lowest BCUT2D eigenvalue weighted by Gasteiger charge is -2.47. The van der Waals surface area contributed by atoms with Crippen LogP contribution in [-0.4, -0.2) is 35.7 Å². The van der Waals surface area contributed by atoms with Crippen molar-refractivity contribution in [3.63, 3.8) is 0 Å². The molecule has 0 radical (unpaired) electrons. The van der Waals surface area contributed by atoms with Gasteiger partial charge in [0.25, 0.3) is 5.91 Å². The van der Waals surface area contributed by atoms with E-state index in [0.717, 1.165) is 18.5 Å². The number of carbonyl (C=O) groups is 1. The van der Waals surface area contributed by atoms with E-state index in [1.165, 1.54) is 29.4 Å². The normalized spacial score (nSPS) is 17.3. The topological polar surface area (TPSA) is 97.1 Å². The number of ether oxygens (including phenoxy) is 1. The van der Waals surface area contributed by atoms with Gasteiger partial charge in [-0.2, -0.15) is 5.10 Å². The summed E-state index contributed by atoms with van der Waals surface area (Å²) in [6.45, 7) is 9.51. The number of nitro benzene ring substituents is 1. The molecule has 31 heavy (non-hydrogen) atoms. The van der Waals surface area contributed by atoms with Crippen LogP contribution >= 0.6 is 0 Å². The third kappa shape index (κ3) is 5.02. The van der Waals surface area contributed by atoms with Crippen LogP contribution in [0.15, 0.2) is 47.6 Å². The molecule has 0 fully saturated rings. The van der Waals surface area contributed by atoms with Crippen molar-refractivity contribution in [1.29, 1.82) is 0 Å². The van der Waals surface area contributed by atoms with E-state index in [1.54, 1.807) is 12.3 Å². The van der Waals surface area contributed by atoms with E-state index in [4.69, 9.17) is 4.74 Å². The first-order valence-corrected chi connectivity index (χ1v) is 10.3. The Hall–Kier alpha value is -3.42. The lowest BCUT2D eigenvalue weighted by molar-refractivity contribution is -0.385. The van der Waals surface area contributed by atoms with Gasteiger partial charge in [0.05, 0.1) is 11.1 Å². The van der Waals surface area contributed by atoms with Crippen LogP contribution in [0.4, 0.5) is 11.4 Å². The molecule has 0 saturated carbocycles. The number of carbonyl (C=O) groups excluding carboxylic acids is 1. The van der Waals surface area contributed by atoms with Crippen LogP contribution in [0.2, 0.25) is 0 Å². The van der Waals surface area contributed by atoms with Crippen LogP contribution in [0.3, 0.4) is 0 Å². The fourth-order valence-electron chi connectivity index (χ4n) is 4.27. The zero-order chi connectivity index (χ0) is 22.6. The first kappa shape index (κ1) is 22.3. The first-order valence-electron chi connectivity index (χ1n) is 10.3. The van der Waals surface area contributed by atoms with Crippen LogP contribution in [0, 0.1) is 10.1 Å². The monoisotopic (exact) mass is 424 g/mol. The van der Waals surface area contributed by atoms with Crippen LogP contribution < -0.4 is 15.1 Å². The maximum Gasteiger partial charge on any atom is 0.310 e. The van der Waals surface area contributed by atoms with E-state index in [0.29, 0.717) is 5.92 Å². The van der Waals surface area contributed by atoms with Crippen LogP contribution in [-0.2, 0) is 4.79 Å². The van der Waals surface area contributed by atoms with Crippen molar-refractivity contribution in [3.05, 3.63) is 63.7 Å². The predicted octanol–water partition coefficient (Wildman–Crippen LogP) is 4.24. The van der Waals surface area contributed by atoms with Crippen molar-refractivity contribution in [2.24, 2.45) is 5.10 Å². The Morgan fingerprint density at radius 2 is 2.10 bits per heavy atom. The molecule has 1 N–H and O–H groups in total. The van der Waals surface area contributed by atoms with E-state index >= 15 is 0 Å². The van der Waals surface area contributed by atoms with E-state index in [2.05, 4.69) is 55.3 Å². The SMILES string of the molecule is CCN1c2ccc(/C=N/NC(=O)COc3ccccc3[N+](=O)[O-])cc2C(C)CC1(C)C. The average Bonchev–Trinajstić information content (AvgIpc) is 2.72. The van der Waals surface area contributed by atoms with Crippen molar-refractivity contribution < 1.29 is 14.5 Å². The molecule has 2 aromatic carbocycles. The second kappa shape index (κ2) is 9.16. The van der Waals surface area contributed by atoms with Gasteiger partial charge in [-0.3, -0.25) is 14.9 Å². The molecule has 1 amide bonds. The lowest BCUT2D eigenvalue weighted by atomic mass is 9.79. The molecule has 8 heteroatoms. The molecule has 164 valence electrons. The first-order chi connectivity index (χ1) is 14.7. The molecule has 0 aliphatic carbocycles. The third-order valence-electron chi connectivity index (χ3n) is 5.55. The van der Waals surface area contributed by atoms with Crippen LogP contribution in [0.5, 0.6) is 5.75 Å². The molecule has 1 unspecified atom stereocenters. The summed E-state index contributed by atoms with van der Waals surface area (Å²) in [5, 5.41) is 15.0. The van der Waals surface area contributed by atoms with Crippen LogP contribution in [0.1, 0.15) is 51.2 Å². The molecule has 1 aliphatic rings. The summed E-state index contributed by atoms with van der Waals surface area (Å²) in [6, 6.07) is 12.1. The summed E-state index contributed by atoms with van der Waals surface area (Å²) < 4.78 is 5.26. The second-order valence-electron chi connectivity index (χ2n) is 8.29. The molecule has 0 aromatic heterocycles. The average molecular weight is 425 g/mol. The molecule has 1 heterocycles. The summed E-state index contributed by atoms with van der Waals surface area (Å²) >= 11 is 0. The largest absolute Gasteiger partial charge is 0.477 e. The molecule has 1 atom stereocenters. The van der Waals surface area contributed by atoms with Gasteiger partial charge >= 0.3 is 5.69 Å². The number of para-hydroxylation sites is 2. The quantitative estimate of drug-likeness (QED) is 0.407. The minimum Gasteiger partial charge on any atom is -0.477 e. The summed E-state index contributed by atoms with van der Waals surface area (Å²) in [6.07, 6.45) is 2.65. The smallest absolute Gasteiger partial charge is 0.310 e. The Bertz CT molecular complexity index is 1000. The minimum absolute atomic E-state index is 0.0405. The van der Waals surface area contributed by atoms with Crippen LogP contribution in [0.25, 0.3) is 0 Å². The highest BCUT2D eigenvalue weighted by atomic mass is 16.6. The van der Waals surface area contributed by atoms with E-state index in [1.807, 2.05) is 6.07 Å². The second-order valence-corrected chi connectivity index (χ2v) is 8.29. The van der Waals surface area contributed by atoms with Crippen molar-refractivity contribution in [2.45, 2.75) is 45.6 Å². The van der Waals surface area contributed by atoms with E-state index in [-0.39, 0.29) is 23.6 Å². The maximum atomic E-state index is 12.0. The standard InChI is InChI=1S/C23H28N4O4/c1-5-26-19-11-10-17(12-18(19)16(2)13-23(26,3)4)14-24-25-22(28)15-31-21-9-7-6-8-20(21)27(29)30/h6-12,14,16H,5,13,15H2,1-4H3,(H,25,28)/b24-14+. The summed E-state index contributed by atoms with van der Waals surface area (Å²) in [4.78, 5) is 24.9. The number of hydrazone groups is 1. The number of hydrogen-bond donors (Lipinski definition) is 1. The number of nitrogens with zero attached hydrogens (tertiary/aromatic N) is 3. The maximum absolute atomic E-state index is 12.0. The molecular formula is C23H28N4O4. The van der Waals surface area contributed by atoms with Crippen molar-refractivity contribution in [1.82, 2.24) is 5.43 Å². The highest BCUT2D eigenvalue weighted by Gasteiger charge is 2.35. The Balaban J connectivity index is 1.62. The van der Waals surface area contributed by atoms with Gasteiger partial charge in [-0.25, -0.2) is 5.43 Å². The van der Waals surface area contributed by atoms with Gasteiger partial charge in [-0.1, -0.05) is 25.1 Å². The number of hydrogen-bond acceptors (Lipinski definition) is 6. The summed E-state index contributed by atoms with van der Waals surface area (Å²) in [5.74, 6) is -0.0378. The fourth-order valence-corrected chi connectivity index (χ4v) is 4.27. The zero-order valence-electron chi connectivity index (χ0n) is 18.3. The van der Waals surface area contributed by atoms with Crippen molar-refractivity contribution >= 4 is 23.5 Å². The molecule has 3 rings (SSSR count). The number of fused-ring (bicyclic) bond motifs is 1. The van der Waals surface area contributed by atoms with Gasteiger partial charge in [0.2, 0.25) is 0 Å². The highest BCUT2D eigenvalue weighted by Crippen LogP contribution is 2.43. The number of nitro groups is 1. The molecule has 1 aliphatic heterocycles. The van der Waals surface area contributed by atoms with Gasteiger partial charge < -0.3 is 9.64 Å². The van der Waals surface area contributed by atoms with E-state index < -0.39 is 10.8 Å². The van der Waals surface area contributed by atoms with Crippen molar-refractivity contribution in [3.8, 4) is 5.75 Å². The van der Waals surface area contributed by atoms with Gasteiger partial charge in [0.1, 0.15) is 0 Å². The highest BCUT2D eigenvalue weighted by molar-refractivity contribution is 5.84. The van der Waals surface area contributed by atoms with E-state index in [9.17, 15) is 14.9 Å². The number of rotatable bonds is 7. The molecular weight excluding hydrogens is 396 g/mol. The number of benzene rings is 2. The molecule has 0 saturated heterocycles. The van der Waals surface area contributed by atoms with Gasteiger partial charge in [-0.15, -0.1) is 0 Å².